The molecule has 1 amide bonds. The van der Waals surface area contributed by atoms with Crippen LogP contribution < -0.4 is 20.1 Å². The highest BCUT2D eigenvalue weighted by atomic mass is 16.5. The molecule has 0 bridgehead atoms. The molecule has 0 unspecified atom stereocenters. The maximum absolute atomic E-state index is 12.3. The number of benzene rings is 1. The molecule has 2 rings (SSSR count). The smallest absolute Gasteiger partial charge is 0.252 e. The van der Waals surface area contributed by atoms with Crippen molar-refractivity contribution in [2.45, 2.75) is 18.4 Å². The van der Waals surface area contributed by atoms with Crippen LogP contribution in [0.3, 0.4) is 0 Å². The number of nitrogens with one attached hydrogen (secondary N) is 2. The monoisotopic (exact) mass is 308 g/mol. The molecule has 6 heteroatoms. The Morgan fingerprint density at radius 3 is 2.41 bits per heavy atom. The van der Waals surface area contributed by atoms with Crippen molar-refractivity contribution in [2.75, 3.05) is 40.5 Å². The van der Waals surface area contributed by atoms with E-state index in [4.69, 9.17) is 14.2 Å². The maximum atomic E-state index is 12.3. The van der Waals surface area contributed by atoms with E-state index >= 15 is 0 Å². The number of ether oxygens (including phenoxy) is 3. The summed E-state index contributed by atoms with van der Waals surface area (Å²) in [6.45, 7) is 2.45. The summed E-state index contributed by atoms with van der Waals surface area (Å²) < 4.78 is 16.1. The van der Waals surface area contributed by atoms with Crippen LogP contribution in [0.5, 0.6) is 11.5 Å². The highest BCUT2D eigenvalue weighted by Gasteiger charge is 2.39. The minimum absolute atomic E-state index is 0.0603. The molecule has 2 N–H and O–H groups in total. The molecule has 1 fully saturated rings. The van der Waals surface area contributed by atoms with Gasteiger partial charge in [0.1, 0.15) is 23.7 Å². The molecule has 122 valence electrons. The van der Waals surface area contributed by atoms with E-state index in [0.717, 1.165) is 24.6 Å². The number of hydrogen-bond acceptors (Lipinski definition) is 5. The zero-order chi connectivity index (χ0) is 15.8. The summed E-state index contributed by atoms with van der Waals surface area (Å²) in [4.78, 5) is 12.3. The summed E-state index contributed by atoms with van der Waals surface area (Å²) in [6, 6.07) is 7.35. The first-order valence-corrected chi connectivity index (χ1v) is 7.51. The van der Waals surface area contributed by atoms with Gasteiger partial charge in [0, 0.05) is 7.11 Å². The lowest BCUT2D eigenvalue weighted by atomic mass is 9.91. The second-order valence-electron chi connectivity index (χ2n) is 5.23. The van der Waals surface area contributed by atoms with Gasteiger partial charge in [-0.1, -0.05) is 0 Å². The number of carbonyl (C=O) groups is 1. The summed E-state index contributed by atoms with van der Waals surface area (Å²) in [7, 11) is 3.22. The van der Waals surface area contributed by atoms with Crippen LogP contribution in [0.1, 0.15) is 12.8 Å². The van der Waals surface area contributed by atoms with Gasteiger partial charge in [0.15, 0.2) is 0 Å². The predicted octanol–water partition coefficient (Wildman–Crippen LogP) is 0.959. The summed E-state index contributed by atoms with van der Waals surface area (Å²) >= 11 is 0. The van der Waals surface area contributed by atoms with Crippen LogP contribution >= 0.6 is 0 Å². The molecular weight excluding hydrogens is 284 g/mol. The quantitative estimate of drug-likeness (QED) is 0.734. The summed E-state index contributed by atoms with van der Waals surface area (Å²) in [5.74, 6) is 1.47. The van der Waals surface area contributed by atoms with E-state index in [1.165, 1.54) is 0 Å². The number of methoxy groups -OCH3 is 2. The lowest BCUT2D eigenvalue weighted by Crippen LogP contribution is -2.54. The van der Waals surface area contributed by atoms with Crippen molar-refractivity contribution in [3.05, 3.63) is 24.3 Å². The fourth-order valence-corrected chi connectivity index (χ4v) is 2.52. The van der Waals surface area contributed by atoms with Crippen molar-refractivity contribution in [1.29, 1.82) is 0 Å². The molecular formula is C16H24N2O4. The van der Waals surface area contributed by atoms with Gasteiger partial charge in [-0.2, -0.15) is 0 Å². The van der Waals surface area contributed by atoms with Crippen molar-refractivity contribution in [3.63, 3.8) is 0 Å². The zero-order valence-corrected chi connectivity index (χ0v) is 13.2. The summed E-state index contributed by atoms with van der Waals surface area (Å²) in [6.07, 6.45) is 1.38. The third-order valence-electron chi connectivity index (χ3n) is 3.93. The fraction of sp³-hybridized carbons (Fsp3) is 0.562. The van der Waals surface area contributed by atoms with Crippen molar-refractivity contribution in [1.82, 2.24) is 10.6 Å². The molecule has 0 spiro atoms. The molecule has 0 aromatic heterocycles. The van der Waals surface area contributed by atoms with Gasteiger partial charge >= 0.3 is 0 Å². The molecule has 1 aliphatic rings. The van der Waals surface area contributed by atoms with E-state index in [0.29, 0.717) is 26.0 Å². The van der Waals surface area contributed by atoms with Crippen molar-refractivity contribution >= 4 is 5.91 Å². The van der Waals surface area contributed by atoms with Gasteiger partial charge in [-0.25, -0.2) is 0 Å². The Morgan fingerprint density at radius 1 is 1.18 bits per heavy atom. The van der Waals surface area contributed by atoms with E-state index in [2.05, 4.69) is 10.6 Å². The van der Waals surface area contributed by atoms with Crippen molar-refractivity contribution < 1.29 is 19.0 Å². The van der Waals surface area contributed by atoms with Crippen molar-refractivity contribution in [2.24, 2.45) is 0 Å². The second-order valence-corrected chi connectivity index (χ2v) is 5.23. The van der Waals surface area contributed by atoms with E-state index < -0.39 is 5.60 Å². The van der Waals surface area contributed by atoms with Crippen molar-refractivity contribution in [3.8, 4) is 11.5 Å². The molecule has 0 atom stereocenters. The number of rotatable bonds is 7. The fourth-order valence-electron chi connectivity index (χ4n) is 2.52. The lowest BCUT2D eigenvalue weighted by Gasteiger charge is -2.34. The molecule has 1 saturated heterocycles. The standard InChI is InChI=1S/C16H24N2O4/c1-20-13-3-5-14(6-4-13)22-12-11-18-15(19)16(21-2)7-9-17-10-8-16/h3-6,17H,7-12H2,1-2H3,(H,18,19). The summed E-state index contributed by atoms with van der Waals surface area (Å²) in [5, 5.41) is 6.13. The highest BCUT2D eigenvalue weighted by molar-refractivity contribution is 5.85. The average Bonchev–Trinajstić information content (AvgIpc) is 2.59. The van der Waals surface area contributed by atoms with E-state index in [1.54, 1.807) is 14.2 Å². The number of hydrogen-bond donors (Lipinski definition) is 2. The number of piperidine rings is 1. The first kappa shape index (κ1) is 16.6. The van der Waals surface area contributed by atoms with Gasteiger partial charge in [-0.3, -0.25) is 4.79 Å². The Hall–Kier alpha value is -1.79. The second kappa shape index (κ2) is 8.00. The topological polar surface area (TPSA) is 68.8 Å². The van der Waals surface area contributed by atoms with Crippen LogP contribution in [0.4, 0.5) is 0 Å². The van der Waals surface area contributed by atoms with E-state index in [9.17, 15) is 4.79 Å². The third kappa shape index (κ3) is 4.11. The molecule has 1 aliphatic heterocycles. The molecule has 1 aromatic rings. The number of carbonyl (C=O) groups excluding carboxylic acids is 1. The van der Waals surface area contributed by atoms with Crippen LogP contribution in [0.15, 0.2) is 24.3 Å². The van der Waals surface area contributed by atoms with Gasteiger partial charge in [0.2, 0.25) is 0 Å². The van der Waals surface area contributed by atoms with Gasteiger partial charge in [-0.15, -0.1) is 0 Å². The third-order valence-corrected chi connectivity index (χ3v) is 3.93. The lowest BCUT2D eigenvalue weighted by molar-refractivity contribution is -0.146. The molecule has 1 aromatic carbocycles. The Bertz CT molecular complexity index is 470. The SMILES string of the molecule is COc1ccc(OCCNC(=O)C2(OC)CCNCC2)cc1. The average molecular weight is 308 g/mol. The normalized spacial score (nSPS) is 16.8. The van der Waals surface area contributed by atoms with Gasteiger partial charge in [0.25, 0.3) is 5.91 Å². The Morgan fingerprint density at radius 2 is 1.82 bits per heavy atom. The van der Waals surface area contributed by atoms with E-state index in [-0.39, 0.29) is 5.91 Å². The highest BCUT2D eigenvalue weighted by Crippen LogP contribution is 2.22. The molecule has 0 saturated carbocycles. The Kier molecular flexibility index (Phi) is 6.03. The first-order chi connectivity index (χ1) is 10.7. The summed E-state index contributed by atoms with van der Waals surface area (Å²) in [5.41, 5.74) is -0.703. The zero-order valence-electron chi connectivity index (χ0n) is 13.2. The minimum atomic E-state index is -0.703. The molecule has 1 heterocycles. The van der Waals surface area contributed by atoms with Crippen LogP contribution in [0.25, 0.3) is 0 Å². The molecule has 22 heavy (non-hydrogen) atoms. The predicted molar refractivity (Wildman–Crippen MR) is 83.3 cm³/mol. The Labute approximate surface area is 131 Å². The van der Waals surface area contributed by atoms with Gasteiger partial charge in [-0.05, 0) is 50.2 Å². The largest absolute Gasteiger partial charge is 0.497 e. The molecule has 0 radical (unpaired) electrons. The van der Waals surface area contributed by atoms with Crippen LogP contribution in [-0.4, -0.2) is 52.0 Å². The first-order valence-electron chi connectivity index (χ1n) is 7.51. The molecule has 6 nitrogen and oxygen atoms in total. The number of amides is 1. The Balaban J connectivity index is 1.74. The van der Waals surface area contributed by atoms with Crippen LogP contribution in [0, 0.1) is 0 Å². The maximum Gasteiger partial charge on any atom is 0.252 e. The van der Waals surface area contributed by atoms with E-state index in [1.807, 2.05) is 24.3 Å². The van der Waals surface area contributed by atoms with Gasteiger partial charge < -0.3 is 24.8 Å². The van der Waals surface area contributed by atoms with Crippen LogP contribution in [-0.2, 0) is 9.53 Å². The van der Waals surface area contributed by atoms with Crippen LogP contribution in [0.2, 0.25) is 0 Å². The van der Waals surface area contributed by atoms with Gasteiger partial charge in [0.05, 0.1) is 13.7 Å². The minimum Gasteiger partial charge on any atom is -0.497 e. The molecule has 0 aliphatic carbocycles.